The van der Waals surface area contributed by atoms with E-state index in [1.54, 1.807) is 12.3 Å². The summed E-state index contributed by atoms with van der Waals surface area (Å²) in [6.45, 7) is 1.84. The molecule has 31 heavy (non-hydrogen) atoms. The first-order valence-electron chi connectivity index (χ1n) is 9.60. The Bertz CT molecular complexity index is 1070. The molecule has 0 unspecified atom stereocenters. The van der Waals surface area contributed by atoms with Crippen LogP contribution >= 0.6 is 0 Å². The van der Waals surface area contributed by atoms with Crippen molar-refractivity contribution >= 4 is 11.7 Å². The van der Waals surface area contributed by atoms with Gasteiger partial charge in [0.15, 0.2) is 11.4 Å². The zero-order valence-electron chi connectivity index (χ0n) is 16.2. The molecule has 0 saturated carbocycles. The molecule has 3 heterocycles. The van der Waals surface area contributed by atoms with E-state index in [4.69, 9.17) is 0 Å². The molecule has 0 bridgehead atoms. The Balaban J connectivity index is 1.52. The summed E-state index contributed by atoms with van der Waals surface area (Å²) >= 11 is 0. The lowest BCUT2D eigenvalue weighted by molar-refractivity contribution is -0.143. The molecule has 1 saturated heterocycles. The van der Waals surface area contributed by atoms with Crippen LogP contribution in [0.25, 0.3) is 5.69 Å². The Morgan fingerprint density at radius 2 is 1.90 bits per heavy atom. The molecule has 7 nitrogen and oxygen atoms in total. The number of benzene rings is 1. The monoisotopic (exact) mass is 434 g/mol. The van der Waals surface area contributed by atoms with Crippen molar-refractivity contribution in [1.82, 2.24) is 25.3 Å². The van der Waals surface area contributed by atoms with E-state index in [0.717, 1.165) is 43.9 Å². The third kappa shape index (κ3) is 4.49. The second-order valence-corrected chi connectivity index (χ2v) is 7.08. The number of amides is 1. The van der Waals surface area contributed by atoms with Gasteiger partial charge in [0.2, 0.25) is 0 Å². The number of nitrogens with zero attached hydrogens (tertiary/aromatic N) is 5. The Labute approximate surface area is 174 Å². The fraction of sp³-hybridized carbons (Fsp3) is 0.300. The Kier molecular flexibility index (Phi) is 5.57. The summed E-state index contributed by atoms with van der Waals surface area (Å²) in [4.78, 5) is 18.9. The Morgan fingerprint density at radius 3 is 2.55 bits per heavy atom. The van der Waals surface area contributed by atoms with Crippen molar-refractivity contribution in [3.05, 3.63) is 65.4 Å². The maximum Gasteiger partial charge on any atom is 0.435 e. The van der Waals surface area contributed by atoms with Crippen LogP contribution < -0.4 is 10.2 Å². The fourth-order valence-corrected chi connectivity index (χ4v) is 3.40. The van der Waals surface area contributed by atoms with Gasteiger partial charge >= 0.3 is 6.18 Å². The van der Waals surface area contributed by atoms with Crippen LogP contribution in [0, 0.1) is 5.82 Å². The van der Waals surface area contributed by atoms with Crippen molar-refractivity contribution in [2.75, 3.05) is 18.0 Å². The van der Waals surface area contributed by atoms with Crippen LogP contribution in [0.15, 0.2) is 42.6 Å². The molecule has 3 aromatic rings. The number of alkyl halides is 3. The van der Waals surface area contributed by atoms with Gasteiger partial charge in [0.1, 0.15) is 11.6 Å². The number of aromatic nitrogens is 4. The lowest BCUT2D eigenvalue weighted by Crippen LogP contribution is -2.27. The average molecular weight is 434 g/mol. The third-order valence-corrected chi connectivity index (χ3v) is 4.90. The molecule has 0 spiro atoms. The van der Waals surface area contributed by atoms with E-state index >= 15 is 0 Å². The lowest BCUT2D eigenvalue weighted by Gasteiger charge is -2.16. The molecule has 11 heteroatoms. The highest BCUT2D eigenvalue weighted by Gasteiger charge is 2.42. The van der Waals surface area contributed by atoms with Gasteiger partial charge in [-0.3, -0.25) is 4.79 Å². The van der Waals surface area contributed by atoms with Crippen molar-refractivity contribution in [1.29, 1.82) is 0 Å². The zero-order valence-corrected chi connectivity index (χ0v) is 16.2. The maximum atomic E-state index is 13.7. The van der Waals surface area contributed by atoms with Crippen LogP contribution in [0.3, 0.4) is 0 Å². The first-order chi connectivity index (χ1) is 14.8. The first kappa shape index (κ1) is 20.8. The van der Waals surface area contributed by atoms with Gasteiger partial charge < -0.3 is 10.2 Å². The summed E-state index contributed by atoms with van der Waals surface area (Å²) in [5.41, 5.74) is -1.83. The van der Waals surface area contributed by atoms with Crippen LogP contribution in [0.4, 0.5) is 23.4 Å². The summed E-state index contributed by atoms with van der Waals surface area (Å²) in [7, 11) is 0. The van der Waals surface area contributed by atoms with Crippen LogP contribution in [-0.4, -0.2) is 39.0 Å². The van der Waals surface area contributed by atoms with E-state index in [1.807, 2.05) is 6.07 Å². The average Bonchev–Trinajstić information content (AvgIpc) is 3.42. The van der Waals surface area contributed by atoms with Crippen LogP contribution in [0.1, 0.15) is 34.6 Å². The predicted molar refractivity (Wildman–Crippen MR) is 103 cm³/mol. The minimum Gasteiger partial charge on any atom is -0.357 e. The molecule has 1 aliphatic heterocycles. The number of halogens is 4. The van der Waals surface area contributed by atoms with Crippen molar-refractivity contribution < 1.29 is 22.4 Å². The van der Waals surface area contributed by atoms with Gasteiger partial charge in [-0.05, 0) is 42.7 Å². The van der Waals surface area contributed by atoms with E-state index in [2.05, 4.69) is 25.5 Å². The van der Waals surface area contributed by atoms with Gasteiger partial charge in [-0.1, -0.05) is 17.3 Å². The highest BCUT2D eigenvalue weighted by Crippen LogP contribution is 2.32. The molecule has 1 aromatic carbocycles. The third-order valence-electron chi connectivity index (χ3n) is 4.90. The number of rotatable bonds is 5. The number of pyridine rings is 1. The molecule has 0 radical (unpaired) electrons. The quantitative estimate of drug-likeness (QED) is 0.624. The minimum atomic E-state index is -4.93. The second-order valence-electron chi connectivity index (χ2n) is 7.08. The van der Waals surface area contributed by atoms with Crippen LogP contribution in [-0.2, 0) is 12.7 Å². The van der Waals surface area contributed by atoms with E-state index in [-0.39, 0.29) is 12.2 Å². The second kappa shape index (κ2) is 8.32. The minimum absolute atomic E-state index is 0.0315. The summed E-state index contributed by atoms with van der Waals surface area (Å²) in [6.07, 6.45) is -1.14. The summed E-state index contributed by atoms with van der Waals surface area (Å²) in [5, 5.41) is 9.24. The zero-order chi connectivity index (χ0) is 22.0. The molecule has 1 amide bonds. The van der Waals surface area contributed by atoms with Crippen molar-refractivity contribution in [2.24, 2.45) is 0 Å². The number of hydrogen-bond donors (Lipinski definition) is 1. The van der Waals surface area contributed by atoms with E-state index < -0.39 is 29.3 Å². The van der Waals surface area contributed by atoms with Crippen molar-refractivity contribution in [2.45, 2.75) is 25.6 Å². The molecule has 0 aliphatic carbocycles. The Hall–Kier alpha value is -3.50. The van der Waals surface area contributed by atoms with Gasteiger partial charge in [-0.15, -0.1) is 5.10 Å². The number of anilines is 1. The molecular weight excluding hydrogens is 416 g/mol. The molecular formula is C20H18F4N6O. The fourth-order valence-electron chi connectivity index (χ4n) is 3.40. The van der Waals surface area contributed by atoms with E-state index in [9.17, 15) is 22.4 Å². The summed E-state index contributed by atoms with van der Waals surface area (Å²) < 4.78 is 54.8. The highest BCUT2D eigenvalue weighted by atomic mass is 19.4. The number of carbonyl (C=O) groups excluding carboxylic acids is 1. The molecule has 1 aliphatic rings. The van der Waals surface area contributed by atoms with Crippen molar-refractivity contribution in [3.63, 3.8) is 0 Å². The topological polar surface area (TPSA) is 75.9 Å². The van der Waals surface area contributed by atoms with Crippen LogP contribution in [0.5, 0.6) is 0 Å². The number of hydrogen-bond acceptors (Lipinski definition) is 5. The largest absolute Gasteiger partial charge is 0.435 e. The van der Waals surface area contributed by atoms with Gasteiger partial charge in [0.25, 0.3) is 5.91 Å². The Morgan fingerprint density at radius 1 is 1.13 bits per heavy atom. The summed E-state index contributed by atoms with van der Waals surface area (Å²) in [5.74, 6) is -0.958. The van der Waals surface area contributed by atoms with E-state index in [0.29, 0.717) is 10.2 Å². The molecule has 162 valence electrons. The lowest BCUT2D eigenvalue weighted by atomic mass is 10.2. The SMILES string of the molecule is O=C(NCc1ccc(N2CCCC2)nc1)c1nnn(-c2cccc(F)c2)c1C(F)(F)F. The number of nitrogens with one attached hydrogen (secondary N) is 1. The van der Waals surface area contributed by atoms with Gasteiger partial charge in [0, 0.05) is 25.8 Å². The molecule has 1 fully saturated rings. The highest BCUT2D eigenvalue weighted by molar-refractivity contribution is 5.93. The number of carbonyl (C=O) groups is 1. The molecule has 0 atom stereocenters. The van der Waals surface area contributed by atoms with E-state index in [1.165, 1.54) is 12.1 Å². The maximum absolute atomic E-state index is 13.7. The summed E-state index contributed by atoms with van der Waals surface area (Å²) in [6, 6.07) is 8.01. The van der Waals surface area contributed by atoms with Gasteiger partial charge in [0.05, 0.1) is 5.69 Å². The first-order valence-corrected chi connectivity index (χ1v) is 9.60. The normalized spacial score (nSPS) is 14.1. The standard InChI is InChI=1S/C20H18F4N6O/c21-14-4-3-5-15(10-14)30-18(20(22,23)24)17(27-28-30)19(31)26-12-13-6-7-16(25-11-13)29-8-1-2-9-29/h3-7,10-11H,1-2,8-9,12H2,(H,26,31). The smallest absolute Gasteiger partial charge is 0.357 e. The van der Waals surface area contributed by atoms with Crippen molar-refractivity contribution in [3.8, 4) is 5.69 Å². The van der Waals surface area contributed by atoms with Crippen LogP contribution in [0.2, 0.25) is 0 Å². The molecule has 4 rings (SSSR count). The van der Waals surface area contributed by atoms with Gasteiger partial charge in [-0.25, -0.2) is 14.1 Å². The predicted octanol–water partition coefficient (Wildman–Crippen LogP) is 3.35. The van der Waals surface area contributed by atoms with Gasteiger partial charge in [-0.2, -0.15) is 13.2 Å². The molecule has 2 aromatic heterocycles. The molecule has 1 N–H and O–H groups in total.